The predicted octanol–water partition coefficient (Wildman–Crippen LogP) is 3.59. The second kappa shape index (κ2) is 5.57. The van der Waals surface area contributed by atoms with Gasteiger partial charge in [-0.1, -0.05) is 23.9 Å². The highest BCUT2D eigenvalue weighted by Gasteiger charge is 2.58. The van der Waals surface area contributed by atoms with Crippen LogP contribution in [0.5, 0.6) is 0 Å². The van der Waals surface area contributed by atoms with E-state index in [0.717, 1.165) is 6.92 Å². The quantitative estimate of drug-likeness (QED) is 0.912. The molecule has 122 valence electrons. The van der Waals surface area contributed by atoms with Crippen LogP contribution in [0.25, 0.3) is 4.85 Å². The first kappa shape index (κ1) is 17.3. The van der Waals surface area contributed by atoms with E-state index in [0.29, 0.717) is 18.7 Å². The fourth-order valence-corrected chi connectivity index (χ4v) is 3.10. The minimum Gasteiger partial charge on any atom is -0.304 e. The second-order valence-corrected chi connectivity index (χ2v) is 6.93. The van der Waals surface area contributed by atoms with Crippen LogP contribution in [0.3, 0.4) is 0 Å². The molecule has 0 spiro atoms. The van der Waals surface area contributed by atoms with Crippen molar-refractivity contribution in [2.45, 2.75) is 37.1 Å². The molecule has 0 aromatic heterocycles. The zero-order valence-electron chi connectivity index (χ0n) is 12.7. The third-order valence-electron chi connectivity index (χ3n) is 3.75. The van der Waals surface area contributed by atoms with Gasteiger partial charge in [-0.2, -0.15) is 4.99 Å². The van der Waals surface area contributed by atoms with Crippen molar-refractivity contribution in [3.63, 3.8) is 0 Å². The summed E-state index contributed by atoms with van der Waals surface area (Å²) in [5.74, 6) is -4.74. The highest BCUT2D eigenvalue weighted by Crippen LogP contribution is 2.45. The Kier molecular flexibility index (Phi) is 4.20. The Balaban J connectivity index is 2.44. The van der Waals surface area contributed by atoms with Gasteiger partial charge in [-0.25, -0.2) is 13.2 Å². The number of carbonyl (C=O) groups is 1. The van der Waals surface area contributed by atoms with E-state index >= 15 is 0 Å². The van der Waals surface area contributed by atoms with Crippen LogP contribution in [0, 0.1) is 12.4 Å². The molecule has 0 aliphatic carbocycles. The van der Waals surface area contributed by atoms with Crippen molar-refractivity contribution in [3.8, 4) is 6.57 Å². The molecule has 1 aliphatic heterocycles. The number of carbonyl (C=O) groups excluding carboxylic acids is 1. The Bertz CT molecular complexity index is 725. The van der Waals surface area contributed by atoms with Gasteiger partial charge in [0.15, 0.2) is 9.91 Å². The number of rotatable bonds is 3. The molecule has 1 fully saturated rings. The number of nitrogens with one attached hydrogen (secondary N) is 1. The molecule has 4 nitrogen and oxygen atoms in total. The predicted molar refractivity (Wildman–Crippen MR) is 84.3 cm³/mol. The number of amidine groups is 1. The summed E-state index contributed by atoms with van der Waals surface area (Å²) in [5, 5.41) is 2.20. The molecule has 1 saturated heterocycles. The van der Waals surface area contributed by atoms with Gasteiger partial charge in [0.05, 0.1) is 0 Å². The van der Waals surface area contributed by atoms with Crippen molar-refractivity contribution >= 4 is 22.8 Å². The van der Waals surface area contributed by atoms with E-state index in [1.165, 1.54) is 25.1 Å². The number of amides is 1. The van der Waals surface area contributed by atoms with E-state index in [2.05, 4.69) is 15.2 Å². The second-order valence-electron chi connectivity index (χ2n) is 5.52. The smallest absolute Gasteiger partial charge is 0.304 e. The van der Waals surface area contributed by atoms with Gasteiger partial charge in [0.2, 0.25) is 5.91 Å². The Hall–Kier alpha value is -2.01. The normalized spacial score (nSPS) is 25.8. The van der Waals surface area contributed by atoms with Crippen LogP contribution in [0.2, 0.25) is 0 Å². The van der Waals surface area contributed by atoms with E-state index in [9.17, 15) is 18.0 Å². The molecule has 2 rings (SSSR count). The van der Waals surface area contributed by atoms with Gasteiger partial charge in [-0.05, 0) is 23.9 Å². The van der Waals surface area contributed by atoms with Crippen molar-refractivity contribution in [2.75, 3.05) is 0 Å². The maximum Gasteiger partial charge on any atom is 0.400 e. The molecular weight excluding hydrogens is 327 g/mol. The van der Waals surface area contributed by atoms with Gasteiger partial charge in [0, 0.05) is 13.8 Å². The lowest BCUT2D eigenvalue weighted by Crippen LogP contribution is -2.47. The molecule has 1 amide bonds. The van der Waals surface area contributed by atoms with Crippen LogP contribution in [0.1, 0.15) is 26.3 Å². The molecule has 1 N–H and O–H groups in total. The monoisotopic (exact) mass is 342 g/mol. The molecule has 0 radical (unpaired) electrons. The minimum atomic E-state index is -3.27. The fraction of sp³-hybridized carbons (Fsp3) is 0.400. The Labute approximate surface area is 136 Å². The maximum atomic E-state index is 14.0. The lowest BCUT2D eigenvalue weighted by molar-refractivity contribution is -0.129. The van der Waals surface area contributed by atoms with Crippen molar-refractivity contribution < 1.29 is 18.0 Å². The summed E-state index contributed by atoms with van der Waals surface area (Å²) in [6.45, 7) is 8.56. The first-order chi connectivity index (χ1) is 10.5. The number of aliphatic imine (C=N–C) groups is 1. The van der Waals surface area contributed by atoms with Crippen LogP contribution in [0.15, 0.2) is 29.3 Å². The number of alkyl halides is 2. The maximum absolute atomic E-state index is 14.0. The molecule has 1 aliphatic rings. The van der Waals surface area contributed by atoms with Gasteiger partial charge in [-0.3, -0.25) is 4.79 Å². The van der Waals surface area contributed by atoms with Crippen LogP contribution in [-0.4, -0.2) is 21.7 Å². The summed E-state index contributed by atoms with van der Waals surface area (Å²) in [6, 6.07) is 5.71. The van der Waals surface area contributed by atoms with Gasteiger partial charge in [0.1, 0.15) is 11.4 Å². The molecule has 2 atom stereocenters. The topological polar surface area (TPSA) is 45.8 Å². The lowest BCUT2D eigenvalue weighted by atomic mass is 10.0. The van der Waals surface area contributed by atoms with Crippen molar-refractivity contribution in [1.29, 1.82) is 0 Å². The third kappa shape index (κ3) is 2.93. The Morgan fingerprint density at radius 3 is 2.43 bits per heavy atom. The van der Waals surface area contributed by atoms with Crippen molar-refractivity contribution in [3.05, 3.63) is 40.5 Å². The number of hydrogen-bond acceptors (Lipinski definition) is 3. The van der Waals surface area contributed by atoms with Gasteiger partial charge in [-0.15, -0.1) is 0 Å². The van der Waals surface area contributed by atoms with Gasteiger partial charge >= 0.3 is 5.66 Å². The highest BCUT2D eigenvalue weighted by molar-refractivity contribution is 8.16. The highest BCUT2D eigenvalue weighted by atomic mass is 32.2. The summed E-state index contributed by atoms with van der Waals surface area (Å²) in [4.78, 5) is 19.6. The molecule has 0 bridgehead atoms. The van der Waals surface area contributed by atoms with Crippen molar-refractivity contribution in [1.82, 2.24) is 5.32 Å². The molecular formula is C15H15F3N3OS+. The zero-order valence-corrected chi connectivity index (χ0v) is 13.5. The van der Waals surface area contributed by atoms with Crippen molar-refractivity contribution in [2.24, 2.45) is 4.99 Å². The zero-order chi connectivity index (χ0) is 17.5. The van der Waals surface area contributed by atoms with Crippen LogP contribution < -0.4 is 5.32 Å². The summed E-state index contributed by atoms with van der Waals surface area (Å²) in [6.07, 6.45) is 0. The summed E-state index contributed by atoms with van der Waals surface area (Å²) in [7, 11) is 0. The average molecular weight is 342 g/mol. The molecule has 1 aromatic carbocycles. The van der Waals surface area contributed by atoms with E-state index in [1.54, 1.807) is 6.07 Å². The number of benzene rings is 1. The van der Waals surface area contributed by atoms with E-state index in [1.807, 2.05) is 0 Å². The van der Waals surface area contributed by atoms with E-state index < -0.39 is 28.1 Å². The standard InChI is InChI=1S/C15H14F3N3OS/c1-13(15(3,17)18)11(22)20-12(23-13)21-14(2,19-4)9-7-5-6-8-10(9)16/h4-8H,1-3H3/p+1/t13?,14-/m0/s1. The summed E-state index contributed by atoms with van der Waals surface area (Å²) < 4.78 is 39.3. The summed E-state index contributed by atoms with van der Waals surface area (Å²) >= 11 is 0.572. The molecule has 23 heavy (non-hydrogen) atoms. The average Bonchev–Trinajstić information content (AvgIpc) is 2.74. The largest absolute Gasteiger partial charge is 0.400 e. The van der Waals surface area contributed by atoms with E-state index in [-0.39, 0.29) is 10.7 Å². The Morgan fingerprint density at radius 2 is 1.96 bits per heavy atom. The number of thioether (sulfide) groups is 1. The molecule has 0 saturated carbocycles. The number of nitrogens with zero attached hydrogens (tertiary/aromatic N) is 2. The first-order valence-corrected chi connectivity index (χ1v) is 7.50. The van der Waals surface area contributed by atoms with Gasteiger partial charge < -0.3 is 5.32 Å². The molecule has 1 aromatic rings. The van der Waals surface area contributed by atoms with E-state index in [4.69, 9.17) is 6.57 Å². The SMILES string of the molecule is C#[N+][C@@](C)(N=C1NC(=O)C(C)(C(C)(F)F)S1)c1ccccc1F. The fourth-order valence-electron chi connectivity index (χ4n) is 2.02. The summed E-state index contributed by atoms with van der Waals surface area (Å²) in [5.41, 5.74) is -1.48. The number of hydrogen-bond donors (Lipinski definition) is 1. The lowest BCUT2D eigenvalue weighted by Gasteiger charge is -2.25. The first-order valence-electron chi connectivity index (χ1n) is 6.69. The van der Waals surface area contributed by atoms with Crippen LogP contribution in [0.4, 0.5) is 13.2 Å². The molecule has 8 heteroatoms. The third-order valence-corrected chi connectivity index (χ3v) is 5.09. The minimum absolute atomic E-state index is 0.0710. The van der Waals surface area contributed by atoms with Crippen LogP contribution >= 0.6 is 11.8 Å². The Morgan fingerprint density at radius 1 is 1.35 bits per heavy atom. The number of halogens is 3. The van der Waals surface area contributed by atoms with Gasteiger partial charge in [0.25, 0.3) is 12.5 Å². The van der Waals surface area contributed by atoms with Crippen LogP contribution in [-0.2, 0) is 10.5 Å². The molecule has 1 unspecified atom stereocenters. The molecule has 1 heterocycles.